The first-order valence-corrected chi connectivity index (χ1v) is 8.76. The van der Waals surface area contributed by atoms with Gasteiger partial charge in [-0.1, -0.05) is 30.3 Å². The summed E-state index contributed by atoms with van der Waals surface area (Å²) in [6.07, 6.45) is 0. The van der Waals surface area contributed by atoms with Crippen molar-refractivity contribution in [2.45, 2.75) is 19.9 Å². The lowest BCUT2D eigenvalue weighted by atomic mass is 9.94. The maximum atomic E-state index is 12.7. The van der Waals surface area contributed by atoms with Gasteiger partial charge >= 0.3 is 5.97 Å². The minimum absolute atomic E-state index is 0.163. The number of hydrogen-bond donors (Lipinski definition) is 2. The third-order valence-electron chi connectivity index (χ3n) is 4.22. The number of esters is 1. The van der Waals surface area contributed by atoms with E-state index >= 15 is 0 Å². The zero-order valence-electron chi connectivity index (χ0n) is 14.6. The van der Waals surface area contributed by atoms with E-state index < -0.39 is 6.04 Å². The van der Waals surface area contributed by atoms with E-state index in [2.05, 4.69) is 5.32 Å². The molecule has 5 nitrogen and oxygen atoms in total. The monoisotopic (exact) mass is 368 g/mol. The van der Waals surface area contributed by atoms with Crippen LogP contribution in [0.25, 0.3) is 0 Å². The molecule has 1 unspecified atom stereocenters. The Hall–Kier alpha value is -2.86. The van der Waals surface area contributed by atoms with Crippen molar-refractivity contribution in [1.82, 2.24) is 5.32 Å². The van der Waals surface area contributed by atoms with E-state index in [1.807, 2.05) is 42.2 Å². The predicted molar refractivity (Wildman–Crippen MR) is 105 cm³/mol. The number of carbonyl (C=O) groups is 1. The molecule has 0 aliphatic carbocycles. The Morgan fingerprint density at radius 2 is 1.85 bits per heavy atom. The van der Waals surface area contributed by atoms with Crippen molar-refractivity contribution in [3.8, 4) is 5.75 Å². The molecule has 2 aromatic rings. The molecular formula is C20H20N2O3S. The molecule has 0 radical (unpaired) electrons. The Balaban J connectivity index is 2.11. The molecule has 0 fully saturated rings. The van der Waals surface area contributed by atoms with Crippen LogP contribution in [0, 0.1) is 0 Å². The first-order valence-electron chi connectivity index (χ1n) is 8.35. The van der Waals surface area contributed by atoms with E-state index in [4.69, 9.17) is 17.0 Å². The Kier molecular flexibility index (Phi) is 5.23. The van der Waals surface area contributed by atoms with Crippen LogP contribution in [0.2, 0.25) is 0 Å². The molecule has 134 valence electrons. The van der Waals surface area contributed by atoms with Crippen molar-refractivity contribution < 1.29 is 14.6 Å². The number of nitrogens with one attached hydrogen (secondary N) is 1. The molecule has 6 heteroatoms. The van der Waals surface area contributed by atoms with E-state index in [1.165, 1.54) is 0 Å². The van der Waals surface area contributed by atoms with Gasteiger partial charge in [-0.15, -0.1) is 0 Å². The normalized spacial score (nSPS) is 17.1. The number of benzene rings is 2. The first kappa shape index (κ1) is 17.9. The van der Waals surface area contributed by atoms with Gasteiger partial charge in [0.1, 0.15) is 5.75 Å². The lowest BCUT2D eigenvalue weighted by molar-refractivity contribution is -0.139. The summed E-state index contributed by atoms with van der Waals surface area (Å²) in [5.41, 5.74) is 2.90. The number of rotatable bonds is 4. The van der Waals surface area contributed by atoms with E-state index in [-0.39, 0.29) is 18.3 Å². The predicted octanol–water partition coefficient (Wildman–Crippen LogP) is 3.67. The number of hydrogen-bond acceptors (Lipinski definition) is 4. The van der Waals surface area contributed by atoms with Gasteiger partial charge in [0.15, 0.2) is 5.11 Å². The largest absolute Gasteiger partial charge is 0.508 e. The molecule has 1 aliphatic rings. The van der Waals surface area contributed by atoms with Gasteiger partial charge in [-0.25, -0.2) is 4.79 Å². The Morgan fingerprint density at radius 1 is 1.19 bits per heavy atom. The average molecular weight is 368 g/mol. The maximum absolute atomic E-state index is 12.7. The summed E-state index contributed by atoms with van der Waals surface area (Å²) in [7, 11) is 0. The second-order valence-corrected chi connectivity index (χ2v) is 6.25. The molecule has 2 aromatic carbocycles. The number of ether oxygens (including phenoxy) is 1. The summed E-state index contributed by atoms with van der Waals surface area (Å²) in [6, 6.07) is 15.9. The molecule has 0 spiro atoms. The molecule has 1 heterocycles. The summed E-state index contributed by atoms with van der Waals surface area (Å²) >= 11 is 5.57. The Bertz CT molecular complexity index is 847. The fourth-order valence-corrected chi connectivity index (χ4v) is 3.38. The minimum Gasteiger partial charge on any atom is -0.508 e. The van der Waals surface area contributed by atoms with Crippen LogP contribution in [-0.4, -0.2) is 22.8 Å². The van der Waals surface area contributed by atoms with Crippen molar-refractivity contribution in [2.24, 2.45) is 0 Å². The number of thiocarbonyl (C=S) groups is 1. The van der Waals surface area contributed by atoms with Crippen LogP contribution in [0.1, 0.15) is 25.5 Å². The van der Waals surface area contributed by atoms with Crippen LogP contribution < -0.4 is 10.2 Å². The van der Waals surface area contributed by atoms with E-state index in [1.54, 1.807) is 31.2 Å². The van der Waals surface area contributed by atoms with Crippen LogP contribution in [0.4, 0.5) is 5.69 Å². The number of phenols is 1. The summed E-state index contributed by atoms with van der Waals surface area (Å²) in [4.78, 5) is 14.5. The highest BCUT2D eigenvalue weighted by Crippen LogP contribution is 2.34. The Morgan fingerprint density at radius 3 is 2.46 bits per heavy atom. The summed E-state index contributed by atoms with van der Waals surface area (Å²) < 4.78 is 5.29. The fourth-order valence-electron chi connectivity index (χ4n) is 3.02. The molecule has 3 rings (SSSR count). The van der Waals surface area contributed by atoms with Gasteiger partial charge < -0.3 is 15.2 Å². The number of para-hydroxylation sites is 1. The Labute approximate surface area is 157 Å². The fraction of sp³-hybridized carbons (Fsp3) is 0.200. The SMILES string of the molecule is CCOC(=O)C1=C(C)N(c2ccccc2)C(=S)NC1c1ccc(O)cc1. The van der Waals surface area contributed by atoms with Gasteiger partial charge in [0.25, 0.3) is 0 Å². The second-order valence-electron chi connectivity index (χ2n) is 5.86. The van der Waals surface area contributed by atoms with E-state index in [0.717, 1.165) is 16.9 Å². The van der Waals surface area contributed by atoms with Gasteiger partial charge in [0, 0.05) is 11.4 Å². The van der Waals surface area contributed by atoms with Crippen LogP contribution in [0.3, 0.4) is 0 Å². The molecular weight excluding hydrogens is 348 g/mol. The number of anilines is 1. The number of aromatic hydroxyl groups is 1. The number of nitrogens with zero attached hydrogens (tertiary/aromatic N) is 1. The number of carbonyl (C=O) groups excluding carboxylic acids is 1. The van der Waals surface area contributed by atoms with Gasteiger partial charge in [-0.05, 0) is 55.9 Å². The van der Waals surface area contributed by atoms with Crippen molar-refractivity contribution in [1.29, 1.82) is 0 Å². The molecule has 1 aliphatic heterocycles. The maximum Gasteiger partial charge on any atom is 0.338 e. The van der Waals surface area contributed by atoms with Crippen LogP contribution in [0.5, 0.6) is 5.75 Å². The highest BCUT2D eigenvalue weighted by atomic mass is 32.1. The quantitative estimate of drug-likeness (QED) is 0.634. The second kappa shape index (κ2) is 7.58. The van der Waals surface area contributed by atoms with Gasteiger partial charge in [0.05, 0.1) is 18.2 Å². The van der Waals surface area contributed by atoms with Crippen molar-refractivity contribution in [3.63, 3.8) is 0 Å². The third kappa shape index (κ3) is 3.41. The molecule has 26 heavy (non-hydrogen) atoms. The topological polar surface area (TPSA) is 61.8 Å². The molecule has 0 bridgehead atoms. The first-order chi connectivity index (χ1) is 12.5. The van der Waals surface area contributed by atoms with Gasteiger partial charge in [-0.2, -0.15) is 0 Å². The molecule has 0 saturated heterocycles. The average Bonchev–Trinajstić information content (AvgIpc) is 2.63. The van der Waals surface area contributed by atoms with Crippen LogP contribution in [-0.2, 0) is 9.53 Å². The van der Waals surface area contributed by atoms with Crippen molar-refractivity contribution in [2.75, 3.05) is 11.5 Å². The van der Waals surface area contributed by atoms with E-state index in [0.29, 0.717) is 10.7 Å². The highest BCUT2D eigenvalue weighted by molar-refractivity contribution is 7.80. The van der Waals surface area contributed by atoms with Crippen molar-refractivity contribution >= 4 is 29.0 Å². The summed E-state index contributed by atoms with van der Waals surface area (Å²) in [5, 5.41) is 13.3. The number of allylic oxidation sites excluding steroid dienone is 1. The standard InChI is InChI=1S/C20H20N2O3S/c1-3-25-19(24)17-13(2)22(15-7-5-4-6-8-15)20(26)21-18(17)14-9-11-16(23)12-10-14/h4-12,18,23H,3H2,1-2H3,(H,21,26). The molecule has 1 atom stereocenters. The van der Waals surface area contributed by atoms with Crippen molar-refractivity contribution in [3.05, 3.63) is 71.4 Å². The smallest absolute Gasteiger partial charge is 0.338 e. The molecule has 0 amide bonds. The zero-order chi connectivity index (χ0) is 18.7. The van der Waals surface area contributed by atoms with Gasteiger partial charge in [-0.3, -0.25) is 4.90 Å². The molecule has 0 aromatic heterocycles. The lowest BCUT2D eigenvalue weighted by Gasteiger charge is -2.37. The van der Waals surface area contributed by atoms with Crippen LogP contribution >= 0.6 is 12.2 Å². The molecule has 0 saturated carbocycles. The minimum atomic E-state index is -0.442. The highest BCUT2D eigenvalue weighted by Gasteiger charge is 2.35. The zero-order valence-corrected chi connectivity index (χ0v) is 15.4. The van der Waals surface area contributed by atoms with Gasteiger partial charge in [0.2, 0.25) is 0 Å². The summed E-state index contributed by atoms with van der Waals surface area (Å²) in [6.45, 7) is 3.92. The number of phenolic OH excluding ortho intramolecular Hbond substituents is 1. The lowest BCUT2D eigenvalue weighted by Crippen LogP contribution is -2.48. The molecule has 2 N–H and O–H groups in total. The van der Waals surface area contributed by atoms with E-state index in [9.17, 15) is 9.90 Å². The summed E-state index contributed by atoms with van der Waals surface area (Å²) in [5.74, 6) is -0.226. The van der Waals surface area contributed by atoms with Crippen LogP contribution in [0.15, 0.2) is 65.9 Å². The third-order valence-corrected chi connectivity index (χ3v) is 4.52.